The van der Waals surface area contributed by atoms with E-state index in [2.05, 4.69) is 45.8 Å². The summed E-state index contributed by atoms with van der Waals surface area (Å²) in [6.07, 6.45) is 4.70. The van der Waals surface area contributed by atoms with Crippen LogP contribution in [0.5, 0.6) is 0 Å². The van der Waals surface area contributed by atoms with Crippen molar-refractivity contribution in [3.8, 4) is 0 Å². The van der Waals surface area contributed by atoms with E-state index in [1.807, 2.05) is 0 Å². The first kappa shape index (κ1) is 15.3. The Labute approximate surface area is 133 Å². The van der Waals surface area contributed by atoms with Crippen LogP contribution in [0.15, 0.2) is 4.99 Å². The van der Waals surface area contributed by atoms with Crippen LogP contribution < -0.4 is 5.32 Å². The van der Waals surface area contributed by atoms with Crippen molar-refractivity contribution >= 4 is 5.96 Å². The predicted octanol–water partition coefficient (Wildman–Crippen LogP) is 1.81. The van der Waals surface area contributed by atoms with Crippen LogP contribution in [0.1, 0.15) is 51.7 Å². The van der Waals surface area contributed by atoms with E-state index in [4.69, 9.17) is 4.99 Å². The summed E-state index contributed by atoms with van der Waals surface area (Å²) in [5, 5.41) is 12.0. The Bertz CT molecular complexity index is 549. The van der Waals surface area contributed by atoms with Crippen LogP contribution >= 0.6 is 0 Å². The Balaban J connectivity index is 1.71. The van der Waals surface area contributed by atoms with Gasteiger partial charge < -0.3 is 14.8 Å². The number of nitrogens with one attached hydrogen (secondary N) is 1. The summed E-state index contributed by atoms with van der Waals surface area (Å²) in [7, 11) is 0. The molecule has 0 amide bonds. The molecule has 1 unspecified atom stereocenters. The largest absolute Gasteiger partial charge is 0.357 e. The van der Waals surface area contributed by atoms with Crippen molar-refractivity contribution < 1.29 is 0 Å². The van der Waals surface area contributed by atoms with Gasteiger partial charge in [0.05, 0.1) is 0 Å². The van der Waals surface area contributed by atoms with Gasteiger partial charge in [-0.15, -0.1) is 10.2 Å². The highest BCUT2D eigenvalue weighted by Crippen LogP contribution is 2.32. The summed E-state index contributed by atoms with van der Waals surface area (Å²) < 4.78 is 2.23. The number of aliphatic imine (C=N–C) groups is 1. The van der Waals surface area contributed by atoms with Crippen molar-refractivity contribution in [2.45, 2.75) is 59.5 Å². The third-order valence-electron chi connectivity index (χ3n) is 5.10. The summed E-state index contributed by atoms with van der Waals surface area (Å²) in [6.45, 7) is 11.5. The lowest BCUT2D eigenvalue weighted by Crippen LogP contribution is -2.41. The molecule has 3 rings (SSSR count). The number of aryl methyl sites for hydroxylation is 1. The van der Waals surface area contributed by atoms with Crippen molar-refractivity contribution in [1.82, 2.24) is 25.0 Å². The molecule has 6 heteroatoms. The van der Waals surface area contributed by atoms with Crippen LogP contribution in [-0.4, -0.2) is 45.3 Å². The fourth-order valence-corrected chi connectivity index (χ4v) is 3.39. The van der Waals surface area contributed by atoms with Crippen LogP contribution in [-0.2, 0) is 19.5 Å². The number of likely N-dealkylation sites (tertiary alicyclic amines) is 1. The minimum atomic E-state index is 0.423. The number of aromatic nitrogens is 3. The number of hydrogen-bond donors (Lipinski definition) is 1. The average Bonchev–Trinajstić information content (AvgIpc) is 3.20. The molecule has 3 heterocycles. The van der Waals surface area contributed by atoms with Crippen molar-refractivity contribution in [3.05, 3.63) is 11.6 Å². The van der Waals surface area contributed by atoms with E-state index in [0.29, 0.717) is 12.0 Å². The first-order valence-corrected chi connectivity index (χ1v) is 8.59. The highest BCUT2D eigenvalue weighted by molar-refractivity contribution is 5.80. The van der Waals surface area contributed by atoms with Gasteiger partial charge in [0.15, 0.2) is 11.8 Å². The van der Waals surface area contributed by atoms with Crippen molar-refractivity contribution in [3.63, 3.8) is 0 Å². The first-order chi connectivity index (χ1) is 10.6. The molecular weight excluding hydrogens is 276 g/mol. The Morgan fingerprint density at radius 2 is 2.18 bits per heavy atom. The Kier molecular flexibility index (Phi) is 4.36. The van der Waals surface area contributed by atoms with E-state index in [0.717, 1.165) is 50.2 Å². The molecule has 1 aromatic rings. The molecule has 0 spiro atoms. The third-order valence-corrected chi connectivity index (χ3v) is 5.10. The Hall–Kier alpha value is -1.59. The maximum Gasteiger partial charge on any atom is 0.194 e. The number of rotatable bonds is 4. The summed E-state index contributed by atoms with van der Waals surface area (Å²) in [6, 6.07) is 0. The lowest BCUT2D eigenvalue weighted by Gasteiger charge is -2.25. The van der Waals surface area contributed by atoms with Gasteiger partial charge in [-0.2, -0.15) is 0 Å². The third kappa shape index (κ3) is 2.96. The molecular formula is C16H28N6. The van der Waals surface area contributed by atoms with Gasteiger partial charge in [-0.3, -0.25) is 0 Å². The predicted molar refractivity (Wildman–Crippen MR) is 87.7 cm³/mol. The van der Waals surface area contributed by atoms with E-state index in [1.54, 1.807) is 0 Å². The fraction of sp³-hybridized carbons (Fsp3) is 0.812. The molecule has 1 fully saturated rings. The molecule has 0 radical (unpaired) electrons. The van der Waals surface area contributed by atoms with Gasteiger partial charge in [0.25, 0.3) is 0 Å². The average molecular weight is 304 g/mol. The lowest BCUT2D eigenvalue weighted by atomic mass is 9.87. The molecule has 6 nitrogen and oxygen atoms in total. The summed E-state index contributed by atoms with van der Waals surface area (Å²) in [5.41, 5.74) is 0.423. The molecule has 1 atom stereocenters. The second-order valence-corrected chi connectivity index (χ2v) is 6.79. The summed E-state index contributed by atoms with van der Waals surface area (Å²) >= 11 is 0. The SMILES string of the molecule is CCNC(=NCc1nnc2n1CCC2)N1CCC(C)(CC)C1. The zero-order valence-electron chi connectivity index (χ0n) is 14.1. The first-order valence-electron chi connectivity index (χ1n) is 8.59. The number of fused-ring (bicyclic) bond motifs is 1. The van der Waals surface area contributed by atoms with Gasteiger partial charge in [0.2, 0.25) is 0 Å². The minimum absolute atomic E-state index is 0.423. The van der Waals surface area contributed by atoms with Crippen molar-refractivity contribution in [2.75, 3.05) is 19.6 Å². The smallest absolute Gasteiger partial charge is 0.194 e. The van der Waals surface area contributed by atoms with Crippen LogP contribution in [0.3, 0.4) is 0 Å². The molecule has 0 bridgehead atoms. The van der Waals surface area contributed by atoms with Crippen molar-refractivity contribution in [1.29, 1.82) is 0 Å². The summed E-state index contributed by atoms with van der Waals surface area (Å²) in [5.74, 6) is 3.14. The topological polar surface area (TPSA) is 58.3 Å². The second-order valence-electron chi connectivity index (χ2n) is 6.79. The van der Waals surface area contributed by atoms with Gasteiger partial charge in [0.1, 0.15) is 12.4 Å². The van der Waals surface area contributed by atoms with Crippen LogP contribution in [0, 0.1) is 5.41 Å². The van der Waals surface area contributed by atoms with Crippen LogP contribution in [0.25, 0.3) is 0 Å². The standard InChI is InChI=1S/C16H28N6/c1-4-16(3)8-10-21(12-16)15(17-5-2)18-11-14-20-19-13-7-6-9-22(13)14/h4-12H2,1-3H3,(H,17,18). The molecule has 22 heavy (non-hydrogen) atoms. The van der Waals surface area contributed by atoms with E-state index >= 15 is 0 Å². The number of hydrogen-bond acceptors (Lipinski definition) is 3. The van der Waals surface area contributed by atoms with Gasteiger partial charge in [0, 0.05) is 32.6 Å². The van der Waals surface area contributed by atoms with Crippen LogP contribution in [0.4, 0.5) is 0 Å². The molecule has 1 aromatic heterocycles. The molecule has 1 saturated heterocycles. The number of guanidine groups is 1. The zero-order valence-corrected chi connectivity index (χ0v) is 14.1. The lowest BCUT2D eigenvalue weighted by molar-refractivity contribution is 0.322. The number of nitrogens with zero attached hydrogens (tertiary/aromatic N) is 5. The molecule has 0 aliphatic carbocycles. The van der Waals surface area contributed by atoms with Gasteiger partial charge in [-0.05, 0) is 31.6 Å². The summed E-state index contributed by atoms with van der Waals surface area (Å²) in [4.78, 5) is 7.22. The zero-order chi connectivity index (χ0) is 15.6. The molecule has 2 aliphatic rings. The quantitative estimate of drug-likeness (QED) is 0.681. The molecule has 122 valence electrons. The monoisotopic (exact) mass is 304 g/mol. The molecule has 1 N–H and O–H groups in total. The van der Waals surface area contributed by atoms with Crippen LogP contribution in [0.2, 0.25) is 0 Å². The minimum Gasteiger partial charge on any atom is -0.357 e. The fourth-order valence-electron chi connectivity index (χ4n) is 3.39. The maximum atomic E-state index is 4.82. The molecule has 0 aromatic carbocycles. The van der Waals surface area contributed by atoms with Gasteiger partial charge in [-0.25, -0.2) is 4.99 Å². The van der Waals surface area contributed by atoms with E-state index in [-0.39, 0.29) is 0 Å². The van der Waals surface area contributed by atoms with Gasteiger partial charge >= 0.3 is 0 Å². The maximum absolute atomic E-state index is 4.82. The van der Waals surface area contributed by atoms with Gasteiger partial charge in [-0.1, -0.05) is 13.8 Å². The highest BCUT2D eigenvalue weighted by Gasteiger charge is 2.33. The van der Waals surface area contributed by atoms with Crippen molar-refractivity contribution in [2.24, 2.45) is 10.4 Å². The highest BCUT2D eigenvalue weighted by atomic mass is 15.3. The normalized spacial score (nSPS) is 24.9. The molecule has 0 saturated carbocycles. The Morgan fingerprint density at radius 1 is 1.32 bits per heavy atom. The van der Waals surface area contributed by atoms with E-state index in [9.17, 15) is 0 Å². The Morgan fingerprint density at radius 3 is 2.91 bits per heavy atom. The van der Waals surface area contributed by atoms with E-state index < -0.39 is 0 Å². The van der Waals surface area contributed by atoms with E-state index in [1.165, 1.54) is 19.3 Å². The second kappa shape index (κ2) is 6.26. The molecule has 2 aliphatic heterocycles.